The Labute approximate surface area is 154 Å². The van der Waals surface area contributed by atoms with Gasteiger partial charge in [0.15, 0.2) is 5.65 Å². The molecule has 1 aromatic carbocycles. The average Bonchev–Trinajstić information content (AvgIpc) is 2.97. The van der Waals surface area contributed by atoms with Crippen LogP contribution in [0, 0.1) is 18.8 Å². The summed E-state index contributed by atoms with van der Waals surface area (Å²) in [6.07, 6.45) is 3.10. The first kappa shape index (κ1) is 16.8. The Bertz CT molecular complexity index is 921. The summed E-state index contributed by atoms with van der Waals surface area (Å²) in [6.45, 7) is 8.70. The number of fused-ring (bicyclic) bond motifs is 1. The van der Waals surface area contributed by atoms with Crippen LogP contribution in [0.25, 0.3) is 11.0 Å². The van der Waals surface area contributed by atoms with Crippen LogP contribution in [0.1, 0.15) is 25.8 Å². The maximum atomic E-state index is 4.89. The molecule has 3 heterocycles. The van der Waals surface area contributed by atoms with E-state index in [0.29, 0.717) is 11.8 Å². The molecule has 1 aliphatic heterocycles. The third-order valence-electron chi connectivity index (χ3n) is 5.13. The molecule has 0 aliphatic carbocycles. The van der Waals surface area contributed by atoms with E-state index >= 15 is 0 Å². The van der Waals surface area contributed by atoms with Crippen molar-refractivity contribution in [2.75, 3.05) is 23.3 Å². The molecule has 1 aliphatic rings. The summed E-state index contributed by atoms with van der Waals surface area (Å²) < 4.78 is 1.82. The second kappa shape index (κ2) is 6.59. The van der Waals surface area contributed by atoms with Crippen LogP contribution in [0.4, 0.5) is 17.5 Å². The van der Waals surface area contributed by atoms with Gasteiger partial charge >= 0.3 is 0 Å². The quantitative estimate of drug-likeness (QED) is 0.776. The molecule has 3 aromatic rings. The lowest BCUT2D eigenvalue weighted by Gasteiger charge is -2.35. The number of nitrogens with one attached hydrogen (secondary N) is 1. The van der Waals surface area contributed by atoms with Gasteiger partial charge in [-0.15, -0.1) is 0 Å². The number of piperidine rings is 1. The minimum Gasteiger partial charge on any atom is -0.340 e. The highest BCUT2D eigenvalue weighted by atomic mass is 15.3. The maximum Gasteiger partial charge on any atom is 0.229 e. The van der Waals surface area contributed by atoms with Gasteiger partial charge in [0.1, 0.15) is 5.82 Å². The van der Waals surface area contributed by atoms with Crippen LogP contribution in [0.2, 0.25) is 0 Å². The van der Waals surface area contributed by atoms with E-state index in [9.17, 15) is 0 Å². The SMILES string of the molecule is Cc1ccccc1Nc1nc(N2CC(C)CC(C)C2)nc2c1cnn2C. The van der Waals surface area contributed by atoms with Gasteiger partial charge in [-0.2, -0.15) is 15.1 Å². The van der Waals surface area contributed by atoms with Crippen molar-refractivity contribution in [3.05, 3.63) is 36.0 Å². The van der Waals surface area contributed by atoms with Crippen molar-refractivity contribution in [2.24, 2.45) is 18.9 Å². The lowest BCUT2D eigenvalue weighted by molar-refractivity contribution is 0.354. The molecule has 6 heteroatoms. The third kappa shape index (κ3) is 3.11. The van der Waals surface area contributed by atoms with Gasteiger partial charge in [-0.25, -0.2) is 0 Å². The number of para-hydroxylation sites is 1. The molecule has 1 fully saturated rings. The predicted octanol–water partition coefficient (Wildman–Crippen LogP) is 3.90. The van der Waals surface area contributed by atoms with Crippen molar-refractivity contribution in [1.82, 2.24) is 19.7 Å². The smallest absolute Gasteiger partial charge is 0.229 e. The lowest BCUT2D eigenvalue weighted by atomic mass is 9.92. The van der Waals surface area contributed by atoms with Gasteiger partial charge < -0.3 is 10.2 Å². The molecule has 136 valence electrons. The Kier molecular flexibility index (Phi) is 4.26. The Hall–Kier alpha value is -2.63. The van der Waals surface area contributed by atoms with E-state index < -0.39 is 0 Å². The molecule has 0 saturated carbocycles. The molecule has 2 unspecified atom stereocenters. The summed E-state index contributed by atoms with van der Waals surface area (Å²) in [4.78, 5) is 12.0. The second-order valence-corrected chi connectivity index (χ2v) is 7.67. The van der Waals surface area contributed by atoms with E-state index in [1.807, 2.05) is 30.1 Å². The van der Waals surface area contributed by atoms with E-state index in [2.05, 4.69) is 48.2 Å². The third-order valence-corrected chi connectivity index (χ3v) is 5.13. The fraction of sp³-hybridized carbons (Fsp3) is 0.450. The first-order valence-corrected chi connectivity index (χ1v) is 9.28. The molecule has 1 N–H and O–H groups in total. The predicted molar refractivity (Wildman–Crippen MR) is 106 cm³/mol. The van der Waals surface area contributed by atoms with Crippen molar-refractivity contribution in [1.29, 1.82) is 0 Å². The molecular weight excluding hydrogens is 324 g/mol. The van der Waals surface area contributed by atoms with Gasteiger partial charge in [-0.05, 0) is 36.8 Å². The Balaban J connectivity index is 1.78. The first-order valence-electron chi connectivity index (χ1n) is 9.28. The van der Waals surface area contributed by atoms with Crippen LogP contribution in [-0.4, -0.2) is 32.8 Å². The number of anilines is 3. The number of rotatable bonds is 3. The molecule has 0 radical (unpaired) electrons. The lowest BCUT2D eigenvalue weighted by Crippen LogP contribution is -2.39. The summed E-state index contributed by atoms with van der Waals surface area (Å²) in [6, 6.07) is 8.25. The molecule has 26 heavy (non-hydrogen) atoms. The number of hydrogen-bond donors (Lipinski definition) is 1. The topological polar surface area (TPSA) is 58.9 Å². The Morgan fingerprint density at radius 1 is 1.08 bits per heavy atom. The molecule has 2 aromatic heterocycles. The van der Waals surface area contributed by atoms with Crippen LogP contribution in [0.5, 0.6) is 0 Å². The molecule has 4 rings (SSSR count). The zero-order valence-corrected chi connectivity index (χ0v) is 15.9. The Morgan fingerprint density at radius 3 is 2.54 bits per heavy atom. The fourth-order valence-corrected chi connectivity index (χ4v) is 3.91. The van der Waals surface area contributed by atoms with Gasteiger partial charge in [-0.3, -0.25) is 4.68 Å². The summed E-state index contributed by atoms with van der Waals surface area (Å²) in [5, 5.41) is 8.83. The van der Waals surface area contributed by atoms with Gasteiger partial charge in [0.2, 0.25) is 5.95 Å². The zero-order chi connectivity index (χ0) is 18.3. The van der Waals surface area contributed by atoms with Crippen LogP contribution in [0.15, 0.2) is 30.5 Å². The fourth-order valence-electron chi connectivity index (χ4n) is 3.91. The second-order valence-electron chi connectivity index (χ2n) is 7.67. The molecule has 1 saturated heterocycles. The minimum atomic E-state index is 0.650. The van der Waals surface area contributed by atoms with E-state index in [4.69, 9.17) is 9.97 Å². The summed E-state index contributed by atoms with van der Waals surface area (Å²) in [5.74, 6) is 2.91. The van der Waals surface area contributed by atoms with Gasteiger partial charge in [0, 0.05) is 25.8 Å². The summed E-state index contributed by atoms with van der Waals surface area (Å²) >= 11 is 0. The number of aromatic nitrogens is 4. The monoisotopic (exact) mass is 350 g/mol. The van der Waals surface area contributed by atoms with Crippen molar-refractivity contribution >= 4 is 28.5 Å². The van der Waals surface area contributed by atoms with Crippen molar-refractivity contribution in [3.63, 3.8) is 0 Å². The van der Waals surface area contributed by atoms with E-state index in [1.54, 1.807) is 0 Å². The van der Waals surface area contributed by atoms with Crippen LogP contribution in [-0.2, 0) is 7.05 Å². The van der Waals surface area contributed by atoms with Crippen molar-refractivity contribution in [3.8, 4) is 0 Å². The zero-order valence-electron chi connectivity index (χ0n) is 15.9. The van der Waals surface area contributed by atoms with Crippen LogP contribution >= 0.6 is 0 Å². The molecule has 0 bridgehead atoms. The normalized spacial score (nSPS) is 20.5. The molecular formula is C20H26N6. The highest BCUT2D eigenvalue weighted by Crippen LogP contribution is 2.30. The number of aryl methyl sites for hydroxylation is 2. The molecule has 0 spiro atoms. The Morgan fingerprint density at radius 2 is 1.81 bits per heavy atom. The van der Waals surface area contributed by atoms with Crippen molar-refractivity contribution < 1.29 is 0 Å². The number of nitrogens with zero attached hydrogens (tertiary/aromatic N) is 5. The average molecular weight is 350 g/mol. The van der Waals surface area contributed by atoms with Crippen molar-refractivity contribution in [2.45, 2.75) is 27.2 Å². The minimum absolute atomic E-state index is 0.650. The molecule has 2 atom stereocenters. The molecule has 6 nitrogen and oxygen atoms in total. The largest absolute Gasteiger partial charge is 0.340 e. The van der Waals surface area contributed by atoms with Gasteiger partial charge in [0.25, 0.3) is 0 Å². The highest BCUT2D eigenvalue weighted by Gasteiger charge is 2.25. The van der Waals surface area contributed by atoms with Gasteiger partial charge in [-0.1, -0.05) is 32.0 Å². The standard InChI is InChI=1S/C20H26N6/c1-13-9-14(2)12-26(11-13)20-23-18(16-10-21-25(4)19(16)24-20)22-17-8-6-5-7-15(17)3/h5-8,10,13-14H,9,11-12H2,1-4H3,(H,22,23,24). The highest BCUT2D eigenvalue weighted by molar-refractivity contribution is 5.89. The molecule has 0 amide bonds. The maximum absolute atomic E-state index is 4.89. The number of benzene rings is 1. The summed E-state index contributed by atoms with van der Waals surface area (Å²) in [7, 11) is 1.93. The number of hydrogen-bond acceptors (Lipinski definition) is 5. The first-order chi connectivity index (χ1) is 12.5. The van der Waals surface area contributed by atoms with E-state index in [0.717, 1.165) is 41.6 Å². The van der Waals surface area contributed by atoms with Gasteiger partial charge in [0.05, 0.1) is 11.6 Å². The summed E-state index contributed by atoms with van der Waals surface area (Å²) in [5.41, 5.74) is 3.10. The van der Waals surface area contributed by atoms with E-state index in [1.165, 1.54) is 12.0 Å². The van der Waals surface area contributed by atoms with E-state index in [-0.39, 0.29) is 0 Å². The van der Waals surface area contributed by atoms with Crippen LogP contribution < -0.4 is 10.2 Å². The van der Waals surface area contributed by atoms with Crippen LogP contribution in [0.3, 0.4) is 0 Å².